The molecular weight excluding hydrogens is 361 g/mol. The number of fused-ring (bicyclic) bond motifs is 1. The van der Waals surface area contributed by atoms with Crippen molar-refractivity contribution in [1.29, 1.82) is 0 Å². The van der Waals surface area contributed by atoms with Gasteiger partial charge in [0.25, 0.3) is 11.8 Å². The lowest BCUT2D eigenvalue weighted by Gasteiger charge is -2.26. The highest BCUT2D eigenvalue weighted by Crippen LogP contribution is 2.24. The zero-order valence-corrected chi connectivity index (χ0v) is 15.5. The predicted molar refractivity (Wildman–Crippen MR) is 102 cm³/mol. The minimum atomic E-state index is -0.717. The quantitative estimate of drug-likeness (QED) is 0.756. The number of halogens is 1. The van der Waals surface area contributed by atoms with E-state index in [1.807, 2.05) is 11.0 Å². The number of rotatable bonds is 3. The van der Waals surface area contributed by atoms with Gasteiger partial charge in [-0.15, -0.1) is 0 Å². The Morgan fingerprint density at radius 1 is 1.14 bits per heavy atom. The molecule has 4 heterocycles. The van der Waals surface area contributed by atoms with E-state index in [1.54, 1.807) is 22.8 Å². The second-order valence-electron chi connectivity index (χ2n) is 6.75. The first-order valence-corrected chi connectivity index (χ1v) is 9.24. The van der Waals surface area contributed by atoms with Gasteiger partial charge in [-0.05, 0) is 37.5 Å². The number of carbonyl (C=O) groups excluding carboxylic acids is 2. The summed E-state index contributed by atoms with van der Waals surface area (Å²) in [6.45, 7) is 1.51. The topological polar surface area (TPSA) is 79.6 Å². The van der Waals surface area contributed by atoms with Gasteiger partial charge in [-0.3, -0.25) is 9.59 Å². The Bertz CT molecular complexity index is 1060. The fraction of sp³-hybridized carbons (Fsp3) is 0.300. The summed E-state index contributed by atoms with van der Waals surface area (Å²) in [7, 11) is 1.42. The molecule has 0 unspecified atom stereocenters. The summed E-state index contributed by atoms with van der Waals surface area (Å²) in [5.41, 5.74) is 1.98. The molecule has 0 radical (unpaired) electrons. The van der Waals surface area contributed by atoms with Gasteiger partial charge in [-0.25, -0.2) is 13.9 Å². The zero-order chi connectivity index (χ0) is 19.7. The molecule has 7 nitrogen and oxygen atoms in total. The Morgan fingerprint density at radius 3 is 2.64 bits per heavy atom. The number of hydrogen-bond donors (Lipinski definition) is 1. The SMILES string of the molecule is CNC(=O)c1ncc(-c2cccc3c(C(=O)N4CCCCC4)cnn23)cc1F. The van der Waals surface area contributed by atoms with Crippen LogP contribution in [0.15, 0.2) is 36.7 Å². The number of amides is 2. The number of aromatic nitrogens is 3. The predicted octanol–water partition coefficient (Wildman–Crippen LogP) is 2.52. The van der Waals surface area contributed by atoms with E-state index in [9.17, 15) is 14.0 Å². The van der Waals surface area contributed by atoms with Gasteiger partial charge in [0.05, 0.1) is 23.0 Å². The number of carbonyl (C=O) groups is 2. The summed E-state index contributed by atoms with van der Waals surface area (Å²) >= 11 is 0. The van der Waals surface area contributed by atoms with Crippen molar-refractivity contribution in [3.63, 3.8) is 0 Å². The van der Waals surface area contributed by atoms with E-state index in [-0.39, 0.29) is 11.6 Å². The summed E-state index contributed by atoms with van der Waals surface area (Å²) in [4.78, 5) is 30.3. The van der Waals surface area contributed by atoms with Crippen LogP contribution in [0.3, 0.4) is 0 Å². The molecule has 144 valence electrons. The summed E-state index contributed by atoms with van der Waals surface area (Å²) in [6.07, 6.45) is 6.15. The first-order valence-electron chi connectivity index (χ1n) is 9.24. The van der Waals surface area contributed by atoms with Crippen LogP contribution in [0, 0.1) is 5.82 Å². The average molecular weight is 381 g/mol. The maximum absolute atomic E-state index is 14.3. The number of likely N-dealkylation sites (tertiary alicyclic amines) is 1. The number of nitrogens with one attached hydrogen (secondary N) is 1. The van der Waals surface area contributed by atoms with Crippen molar-refractivity contribution >= 4 is 17.3 Å². The van der Waals surface area contributed by atoms with Crippen molar-refractivity contribution < 1.29 is 14.0 Å². The largest absolute Gasteiger partial charge is 0.354 e. The number of piperidine rings is 1. The molecule has 0 aliphatic carbocycles. The molecule has 2 amide bonds. The summed E-state index contributed by atoms with van der Waals surface area (Å²) < 4.78 is 15.9. The summed E-state index contributed by atoms with van der Waals surface area (Å²) in [5, 5.41) is 6.71. The monoisotopic (exact) mass is 381 g/mol. The molecule has 0 aromatic carbocycles. The van der Waals surface area contributed by atoms with Gasteiger partial charge in [0.15, 0.2) is 11.5 Å². The number of pyridine rings is 2. The molecule has 1 fully saturated rings. The maximum Gasteiger partial charge on any atom is 0.272 e. The Morgan fingerprint density at radius 2 is 1.93 bits per heavy atom. The van der Waals surface area contributed by atoms with E-state index in [2.05, 4.69) is 15.4 Å². The van der Waals surface area contributed by atoms with Crippen molar-refractivity contribution in [2.24, 2.45) is 0 Å². The van der Waals surface area contributed by atoms with Gasteiger partial charge in [0.1, 0.15) is 0 Å². The zero-order valence-electron chi connectivity index (χ0n) is 15.5. The Kier molecular flexibility index (Phi) is 4.77. The molecule has 0 spiro atoms. The second kappa shape index (κ2) is 7.38. The number of hydrogen-bond acceptors (Lipinski definition) is 4. The Labute approximate surface area is 161 Å². The van der Waals surface area contributed by atoms with E-state index in [4.69, 9.17) is 0 Å². The molecule has 4 rings (SSSR count). The van der Waals surface area contributed by atoms with Crippen LogP contribution in [0.1, 0.15) is 40.1 Å². The highest BCUT2D eigenvalue weighted by molar-refractivity contribution is 6.01. The van der Waals surface area contributed by atoms with Crippen molar-refractivity contribution in [2.75, 3.05) is 20.1 Å². The molecule has 1 N–H and O–H groups in total. The van der Waals surface area contributed by atoms with Gasteiger partial charge >= 0.3 is 0 Å². The fourth-order valence-electron chi connectivity index (χ4n) is 3.53. The lowest BCUT2D eigenvalue weighted by molar-refractivity contribution is 0.0726. The fourth-order valence-corrected chi connectivity index (χ4v) is 3.53. The minimum absolute atomic E-state index is 0.0360. The molecular formula is C20H20FN5O2. The van der Waals surface area contributed by atoms with E-state index in [1.165, 1.54) is 19.3 Å². The van der Waals surface area contributed by atoms with Crippen LogP contribution in [0.5, 0.6) is 0 Å². The first-order chi connectivity index (χ1) is 13.6. The summed E-state index contributed by atoms with van der Waals surface area (Å²) in [6, 6.07) is 6.63. The third kappa shape index (κ3) is 3.11. The molecule has 0 saturated carbocycles. The first kappa shape index (κ1) is 18.1. The lowest BCUT2D eigenvalue weighted by Crippen LogP contribution is -2.35. The normalized spacial score (nSPS) is 14.3. The standard InChI is InChI=1S/C20H20FN5O2/c1-22-19(27)18-15(21)10-13(11-23-18)16-6-5-7-17-14(12-24-26(16)17)20(28)25-8-3-2-4-9-25/h5-7,10-12H,2-4,8-9H2,1H3,(H,22,27). The van der Waals surface area contributed by atoms with E-state index in [0.29, 0.717) is 22.3 Å². The molecule has 1 saturated heterocycles. The maximum atomic E-state index is 14.3. The van der Waals surface area contributed by atoms with E-state index in [0.717, 1.165) is 32.4 Å². The average Bonchev–Trinajstić information content (AvgIpc) is 3.17. The smallest absolute Gasteiger partial charge is 0.272 e. The molecule has 3 aromatic heterocycles. The van der Waals surface area contributed by atoms with Crippen LogP contribution in [0.4, 0.5) is 4.39 Å². The third-order valence-corrected chi connectivity index (χ3v) is 5.00. The van der Waals surface area contributed by atoms with Crippen LogP contribution in [-0.4, -0.2) is 51.4 Å². The van der Waals surface area contributed by atoms with Crippen LogP contribution >= 0.6 is 0 Å². The van der Waals surface area contributed by atoms with Crippen LogP contribution in [-0.2, 0) is 0 Å². The van der Waals surface area contributed by atoms with Crippen LogP contribution in [0.2, 0.25) is 0 Å². The highest BCUT2D eigenvalue weighted by Gasteiger charge is 2.22. The van der Waals surface area contributed by atoms with Gasteiger partial charge in [-0.1, -0.05) is 6.07 Å². The molecule has 0 bridgehead atoms. The van der Waals surface area contributed by atoms with Gasteiger partial charge in [0.2, 0.25) is 0 Å². The van der Waals surface area contributed by atoms with Gasteiger partial charge < -0.3 is 10.2 Å². The van der Waals surface area contributed by atoms with Crippen molar-refractivity contribution in [2.45, 2.75) is 19.3 Å². The number of nitrogens with zero attached hydrogens (tertiary/aromatic N) is 4. The molecule has 1 aliphatic rings. The van der Waals surface area contributed by atoms with Gasteiger partial charge in [-0.2, -0.15) is 5.10 Å². The minimum Gasteiger partial charge on any atom is -0.354 e. The van der Waals surface area contributed by atoms with Crippen molar-refractivity contribution in [3.05, 3.63) is 53.7 Å². The Hall–Kier alpha value is -3.29. The molecule has 3 aromatic rings. The lowest BCUT2D eigenvalue weighted by atomic mass is 10.1. The molecule has 1 aliphatic heterocycles. The molecule has 0 atom stereocenters. The summed E-state index contributed by atoms with van der Waals surface area (Å²) in [5.74, 6) is -1.34. The van der Waals surface area contributed by atoms with E-state index >= 15 is 0 Å². The van der Waals surface area contributed by atoms with Crippen molar-refractivity contribution in [3.8, 4) is 11.3 Å². The van der Waals surface area contributed by atoms with Crippen LogP contribution in [0.25, 0.3) is 16.8 Å². The Balaban J connectivity index is 1.73. The van der Waals surface area contributed by atoms with Crippen molar-refractivity contribution in [1.82, 2.24) is 24.8 Å². The highest BCUT2D eigenvalue weighted by atomic mass is 19.1. The molecule has 28 heavy (non-hydrogen) atoms. The molecule has 8 heteroatoms. The van der Waals surface area contributed by atoms with E-state index < -0.39 is 11.7 Å². The third-order valence-electron chi connectivity index (χ3n) is 5.00. The second-order valence-corrected chi connectivity index (χ2v) is 6.75. The van der Waals surface area contributed by atoms with Gasteiger partial charge in [0, 0.05) is 31.9 Å². The van der Waals surface area contributed by atoms with Crippen LogP contribution < -0.4 is 5.32 Å².